The highest BCUT2D eigenvalue weighted by atomic mass is 35.5. The molecule has 0 spiro atoms. The number of hydrogen-bond donors (Lipinski definition) is 1. The summed E-state index contributed by atoms with van der Waals surface area (Å²) in [5, 5.41) is 8.07. The van der Waals surface area contributed by atoms with Gasteiger partial charge in [-0.3, -0.25) is 0 Å². The van der Waals surface area contributed by atoms with Crippen molar-refractivity contribution in [3.63, 3.8) is 0 Å². The summed E-state index contributed by atoms with van der Waals surface area (Å²) in [7, 11) is 1.36. The van der Waals surface area contributed by atoms with Gasteiger partial charge in [-0.1, -0.05) is 54.6 Å². The van der Waals surface area contributed by atoms with Gasteiger partial charge in [-0.2, -0.15) is 0 Å². The van der Waals surface area contributed by atoms with Crippen molar-refractivity contribution in [3.8, 4) is 11.3 Å². The van der Waals surface area contributed by atoms with E-state index in [1.54, 1.807) is 12.1 Å². The summed E-state index contributed by atoms with van der Waals surface area (Å²) < 4.78 is 10.4. The van der Waals surface area contributed by atoms with Crippen LogP contribution in [0.25, 0.3) is 11.3 Å². The van der Waals surface area contributed by atoms with Crippen LogP contribution in [0.3, 0.4) is 0 Å². The number of nitrogens with zero attached hydrogens (tertiary/aromatic N) is 1. The summed E-state index contributed by atoms with van der Waals surface area (Å²) in [6, 6.07) is 7.42. The first-order chi connectivity index (χ1) is 11.7. The predicted octanol–water partition coefficient (Wildman–Crippen LogP) is 4.92. The van der Waals surface area contributed by atoms with Crippen molar-refractivity contribution >= 4 is 23.5 Å². The Bertz CT molecular complexity index is 689. The van der Waals surface area contributed by atoms with Crippen LogP contribution in [-0.2, 0) is 4.74 Å². The van der Waals surface area contributed by atoms with Crippen LogP contribution in [0.4, 0.5) is 5.88 Å². The lowest BCUT2D eigenvalue weighted by Crippen LogP contribution is -2.19. The molecule has 0 bridgehead atoms. The highest BCUT2D eigenvalue weighted by molar-refractivity contribution is 6.30. The normalized spacial score (nSPS) is 15.8. The average molecular weight is 349 g/mol. The number of anilines is 1. The fourth-order valence-electron chi connectivity index (χ4n) is 3.09. The molecule has 0 amide bonds. The summed E-state index contributed by atoms with van der Waals surface area (Å²) in [6.07, 6.45) is 7.02. The number of rotatable bonds is 4. The Kier molecular flexibility index (Phi) is 5.41. The van der Waals surface area contributed by atoms with Gasteiger partial charge in [-0.15, -0.1) is 0 Å². The number of aromatic nitrogens is 1. The van der Waals surface area contributed by atoms with E-state index in [1.165, 1.54) is 32.8 Å². The molecule has 0 atom stereocenters. The van der Waals surface area contributed by atoms with Crippen molar-refractivity contribution in [3.05, 3.63) is 34.9 Å². The van der Waals surface area contributed by atoms with Gasteiger partial charge in [0.1, 0.15) is 5.69 Å². The van der Waals surface area contributed by atoms with Crippen molar-refractivity contribution in [1.29, 1.82) is 0 Å². The molecule has 6 heteroatoms. The molecule has 2 aromatic rings. The smallest absolute Gasteiger partial charge is 0.345 e. The molecule has 0 saturated heterocycles. The van der Waals surface area contributed by atoms with Crippen molar-refractivity contribution in [1.82, 2.24) is 5.16 Å². The van der Waals surface area contributed by atoms with Crippen LogP contribution in [-0.4, -0.2) is 24.3 Å². The van der Waals surface area contributed by atoms with Gasteiger partial charge in [-0.25, -0.2) is 4.79 Å². The highest BCUT2D eigenvalue weighted by Crippen LogP contribution is 2.32. The molecular formula is C18H21ClN2O3. The van der Waals surface area contributed by atoms with Crippen LogP contribution in [0.15, 0.2) is 28.8 Å². The number of carbonyl (C=O) groups excluding carboxylic acids is 1. The van der Waals surface area contributed by atoms with Crippen LogP contribution < -0.4 is 5.32 Å². The van der Waals surface area contributed by atoms with Gasteiger partial charge in [-0.05, 0) is 25.0 Å². The fraction of sp³-hybridized carbons (Fsp3) is 0.444. The maximum Gasteiger partial charge on any atom is 0.345 e. The zero-order valence-electron chi connectivity index (χ0n) is 13.7. The molecule has 1 aromatic carbocycles. The lowest BCUT2D eigenvalue weighted by Gasteiger charge is -2.15. The maximum absolute atomic E-state index is 12.3. The molecule has 1 fully saturated rings. The van der Waals surface area contributed by atoms with E-state index < -0.39 is 5.97 Å². The van der Waals surface area contributed by atoms with Crippen LogP contribution in [0, 0.1) is 0 Å². The van der Waals surface area contributed by atoms with E-state index in [0.717, 1.165) is 18.4 Å². The zero-order valence-corrected chi connectivity index (χ0v) is 14.4. The number of hydrogen-bond acceptors (Lipinski definition) is 5. The van der Waals surface area contributed by atoms with E-state index in [4.69, 9.17) is 20.9 Å². The second-order valence-electron chi connectivity index (χ2n) is 6.07. The number of esters is 1. The van der Waals surface area contributed by atoms with Gasteiger partial charge in [0.25, 0.3) is 0 Å². The molecule has 0 radical (unpaired) electrons. The topological polar surface area (TPSA) is 64.4 Å². The number of benzene rings is 1. The van der Waals surface area contributed by atoms with Crippen LogP contribution in [0.5, 0.6) is 0 Å². The lowest BCUT2D eigenvalue weighted by molar-refractivity contribution is 0.0602. The minimum Gasteiger partial charge on any atom is -0.465 e. The zero-order chi connectivity index (χ0) is 16.9. The molecule has 1 aromatic heterocycles. The van der Waals surface area contributed by atoms with E-state index in [-0.39, 0.29) is 0 Å². The van der Waals surface area contributed by atoms with E-state index in [2.05, 4.69) is 10.5 Å². The molecule has 24 heavy (non-hydrogen) atoms. The van der Waals surface area contributed by atoms with Crippen molar-refractivity contribution in [2.75, 3.05) is 12.4 Å². The first-order valence-electron chi connectivity index (χ1n) is 8.29. The molecule has 5 nitrogen and oxygen atoms in total. The molecule has 1 saturated carbocycles. The number of nitrogens with one attached hydrogen (secondary N) is 1. The van der Waals surface area contributed by atoms with E-state index in [9.17, 15) is 4.79 Å². The van der Waals surface area contributed by atoms with Gasteiger partial charge < -0.3 is 14.6 Å². The SMILES string of the molecule is COC(=O)c1c(-c2ccc(Cl)cc2)noc1NC1CCCCCC1. The molecule has 1 aliphatic rings. The molecule has 0 unspecified atom stereocenters. The Hall–Kier alpha value is -2.01. The third-order valence-electron chi connectivity index (χ3n) is 4.39. The maximum atomic E-state index is 12.3. The highest BCUT2D eigenvalue weighted by Gasteiger charge is 2.26. The molecule has 1 N–H and O–H groups in total. The number of ether oxygens (including phenoxy) is 1. The fourth-order valence-corrected chi connectivity index (χ4v) is 3.22. The summed E-state index contributed by atoms with van der Waals surface area (Å²) in [4.78, 5) is 12.3. The van der Waals surface area contributed by atoms with Crippen molar-refractivity contribution < 1.29 is 14.1 Å². The van der Waals surface area contributed by atoms with E-state index in [1.807, 2.05) is 12.1 Å². The molecule has 3 rings (SSSR count). The molecule has 1 aliphatic carbocycles. The van der Waals surface area contributed by atoms with Crippen molar-refractivity contribution in [2.24, 2.45) is 0 Å². The minimum absolute atomic E-state index is 0.293. The Morgan fingerprint density at radius 1 is 1.21 bits per heavy atom. The Morgan fingerprint density at radius 3 is 2.50 bits per heavy atom. The second-order valence-corrected chi connectivity index (χ2v) is 6.50. The van der Waals surface area contributed by atoms with E-state index >= 15 is 0 Å². The van der Waals surface area contributed by atoms with Gasteiger partial charge >= 0.3 is 5.97 Å². The van der Waals surface area contributed by atoms with Crippen LogP contribution in [0.2, 0.25) is 5.02 Å². The average Bonchev–Trinajstić information content (AvgIpc) is 2.83. The quantitative estimate of drug-likeness (QED) is 0.627. The van der Waals surface area contributed by atoms with Gasteiger partial charge in [0, 0.05) is 16.6 Å². The lowest BCUT2D eigenvalue weighted by atomic mass is 10.1. The van der Waals surface area contributed by atoms with Gasteiger partial charge in [0.05, 0.1) is 7.11 Å². The van der Waals surface area contributed by atoms with Crippen LogP contribution >= 0.6 is 11.6 Å². The summed E-state index contributed by atoms with van der Waals surface area (Å²) >= 11 is 5.93. The van der Waals surface area contributed by atoms with Gasteiger partial charge in [0.15, 0.2) is 5.56 Å². The minimum atomic E-state index is -0.461. The summed E-state index contributed by atoms with van der Waals surface area (Å²) in [6.45, 7) is 0. The second kappa shape index (κ2) is 7.71. The monoisotopic (exact) mass is 348 g/mol. The van der Waals surface area contributed by atoms with Gasteiger partial charge in [0.2, 0.25) is 5.88 Å². The standard InChI is InChI=1S/C18H21ClN2O3/c1-23-18(22)15-16(12-8-10-13(19)11-9-12)21-24-17(15)20-14-6-4-2-3-5-7-14/h8-11,14,20H,2-7H2,1H3. The van der Waals surface area contributed by atoms with E-state index in [0.29, 0.717) is 28.2 Å². The Balaban J connectivity index is 1.91. The molecular weight excluding hydrogens is 328 g/mol. The number of methoxy groups -OCH3 is 1. The Morgan fingerprint density at radius 2 is 1.88 bits per heavy atom. The predicted molar refractivity (Wildman–Crippen MR) is 93.4 cm³/mol. The Labute approximate surface area is 146 Å². The first kappa shape index (κ1) is 16.8. The summed E-state index contributed by atoms with van der Waals surface area (Å²) in [5.41, 5.74) is 1.57. The molecule has 1 heterocycles. The van der Waals surface area contributed by atoms with Crippen LogP contribution in [0.1, 0.15) is 48.9 Å². The number of carbonyl (C=O) groups is 1. The number of halogens is 1. The first-order valence-corrected chi connectivity index (χ1v) is 8.67. The van der Waals surface area contributed by atoms with Crippen molar-refractivity contribution in [2.45, 2.75) is 44.6 Å². The summed E-state index contributed by atoms with van der Waals surface area (Å²) in [5.74, 6) is -0.0731. The molecule has 128 valence electrons. The molecule has 0 aliphatic heterocycles. The largest absolute Gasteiger partial charge is 0.465 e. The third-order valence-corrected chi connectivity index (χ3v) is 4.64. The third kappa shape index (κ3) is 3.73.